The molecule has 2 rings (SSSR count). The van der Waals surface area contributed by atoms with E-state index in [1.807, 2.05) is 19.1 Å². The van der Waals surface area contributed by atoms with Crippen molar-refractivity contribution in [2.24, 2.45) is 0 Å². The summed E-state index contributed by atoms with van der Waals surface area (Å²) in [5, 5.41) is 0. The summed E-state index contributed by atoms with van der Waals surface area (Å²) in [4.78, 5) is 14.1. The van der Waals surface area contributed by atoms with Crippen LogP contribution in [0.1, 0.15) is 30.1 Å². The van der Waals surface area contributed by atoms with E-state index in [2.05, 4.69) is 4.90 Å². The second-order valence-corrected chi connectivity index (χ2v) is 4.93. The van der Waals surface area contributed by atoms with Gasteiger partial charge in [-0.25, -0.2) is 4.79 Å². The van der Waals surface area contributed by atoms with E-state index in [-0.39, 0.29) is 12.1 Å². The molecule has 0 aromatic heterocycles. The Morgan fingerprint density at radius 3 is 3.00 bits per heavy atom. The summed E-state index contributed by atoms with van der Waals surface area (Å²) >= 11 is 0. The summed E-state index contributed by atoms with van der Waals surface area (Å²) in [6.45, 7) is 4.42. The summed E-state index contributed by atoms with van der Waals surface area (Å²) in [7, 11) is 1.38. The average molecular weight is 278 g/mol. The molecule has 2 N–H and O–H groups in total. The molecule has 1 aliphatic heterocycles. The van der Waals surface area contributed by atoms with Crippen molar-refractivity contribution in [3.63, 3.8) is 0 Å². The van der Waals surface area contributed by atoms with E-state index in [1.165, 1.54) is 7.11 Å². The molecule has 0 amide bonds. The molecule has 5 heteroatoms. The number of esters is 1. The number of nitrogen functional groups attached to an aromatic ring is 1. The van der Waals surface area contributed by atoms with Crippen molar-refractivity contribution in [2.45, 2.75) is 25.9 Å². The lowest BCUT2D eigenvalue weighted by Gasteiger charge is -2.35. The minimum atomic E-state index is -0.356. The zero-order chi connectivity index (χ0) is 14.5. The number of hydrogen-bond donors (Lipinski definition) is 1. The number of piperidine rings is 1. The van der Waals surface area contributed by atoms with Gasteiger partial charge in [-0.05, 0) is 38.0 Å². The van der Waals surface area contributed by atoms with E-state index in [1.54, 1.807) is 6.07 Å². The van der Waals surface area contributed by atoms with E-state index in [0.29, 0.717) is 17.9 Å². The number of ether oxygens (including phenoxy) is 2. The minimum absolute atomic E-state index is 0.219. The van der Waals surface area contributed by atoms with E-state index < -0.39 is 0 Å². The lowest BCUT2D eigenvalue weighted by molar-refractivity contribution is 0.0521. The van der Waals surface area contributed by atoms with Gasteiger partial charge in [0.15, 0.2) is 0 Å². The molecule has 0 aliphatic carbocycles. The topological polar surface area (TPSA) is 64.8 Å². The summed E-state index contributed by atoms with van der Waals surface area (Å²) in [5.41, 5.74) is 7.73. The molecular weight excluding hydrogens is 256 g/mol. The zero-order valence-electron chi connectivity index (χ0n) is 12.1. The molecule has 0 spiro atoms. The summed E-state index contributed by atoms with van der Waals surface area (Å²) < 4.78 is 10.5. The van der Waals surface area contributed by atoms with Gasteiger partial charge in [0.25, 0.3) is 0 Å². The Balaban J connectivity index is 2.25. The van der Waals surface area contributed by atoms with Crippen molar-refractivity contribution in [2.75, 3.05) is 37.4 Å². The third kappa shape index (κ3) is 3.22. The molecular formula is C15H22N2O3. The van der Waals surface area contributed by atoms with Crippen molar-refractivity contribution in [3.8, 4) is 0 Å². The van der Waals surface area contributed by atoms with Crippen LogP contribution in [0.15, 0.2) is 18.2 Å². The van der Waals surface area contributed by atoms with Crippen LogP contribution >= 0.6 is 0 Å². The quantitative estimate of drug-likeness (QED) is 0.674. The predicted molar refractivity (Wildman–Crippen MR) is 79.1 cm³/mol. The molecule has 5 nitrogen and oxygen atoms in total. The molecule has 20 heavy (non-hydrogen) atoms. The Morgan fingerprint density at radius 2 is 2.30 bits per heavy atom. The maximum atomic E-state index is 11.9. The highest BCUT2D eigenvalue weighted by atomic mass is 16.5. The van der Waals surface area contributed by atoms with Gasteiger partial charge in [0, 0.05) is 25.4 Å². The number of carbonyl (C=O) groups excluding carboxylic acids is 1. The highest BCUT2D eigenvalue weighted by Gasteiger charge is 2.24. The van der Waals surface area contributed by atoms with Crippen LogP contribution in [0, 0.1) is 0 Å². The van der Waals surface area contributed by atoms with Crippen LogP contribution in [0.3, 0.4) is 0 Å². The number of hydrogen-bond acceptors (Lipinski definition) is 5. The van der Waals surface area contributed by atoms with Gasteiger partial charge in [-0.3, -0.25) is 0 Å². The third-order valence-corrected chi connectivity index (χ3v) is 3.55. The molecule has 0 bridgehead atoms. The van der Waals surface area contributed by atoms with Gasteiger partial charge in [0.2, 0.25) is 0 Å². The van der Waals surface area contributed by atoms with Crippen molar-refractivity contribution in [1.82, 2.24) is 0 Å². The number of nitrogens with zero attached hydrogens (tertiary/aromatic N) is 1. The number of benzene rings is 1. The molecule has 1 aromatic carbocycles. The first-order chi connectivity index (χ1) is 9.65. The smallest absolute Gasteiger partial charge is 0.340 e. The summed E-state index contributed by atoms with van der Waals surface area (Å²) in [6, 6.07) is 5.37. The van der Waals surface area contributed by atoms with Gasteiger partial charge >= 0.3 is 5.97 Å². The normalized spacial score (nSPS) is 18.9. The summed E-state index contributed by atoms with van der Waals surface area (Å²) in [6.07, 6.45) is 2.33. The standard InChI is InChI=1S/C15H22N2O3/c1-3-20-12-5-4-8-17(10-12)14-7-6-11(16)9-13(14)15(18)19-2/h6-7,9,12H,3-5,8,10,16H2,1-2H3. The maximum Gasteiger partial charge on any atom is 0.340 e. The maximum absolute atomic E-state index is 11.9. The van der Waals surface area contributed by atoms with Crippen LogP contribution in [-0.2, 0) is 9.47 Å². The van der Waals surface area contributed by atoms with E-state index in [4.69, 9.17) is 15.2 Å². The Bertz CT molecular complexity index is 474. The average Bonchev–Trinajstić information content (AvgIpc) is 2.47. The van der Waals surface area contributed by atoms with E-state index in [0.717, 1.165) is 31.6 Å². The number of methoxy groups -OCH3 is 1. The number of carbonyl (C=O) groups is 1. The predicted octanol–water partition coefficient (Wildman–Crippen LogP) is 2.06. The van der Waals surface area contributed by atoms with Gasteiger partial charge in [0.1, 0.15) is 0 Å². The van der Waals surface area contributed by atoms with Gasteiger partial charge in [0.05, 0.1) is 24.5 Å². The SMILES string of the molecule is CCOC1CCCN(c2ccc(N)cc2C(=O)OC)C1. The fourth-order valence-corrected chi connectivity index (χ4v) is 2.63. The molecule has 1 aromatic rings. The first kappa shape index (κ1) is 14.7. The molecule has 1 aliphatic rings. The monoisotopic (exact) mass is 278 g/mol. The summed E-state index contributed by atoms with van der Waals surface area (Å²) in [5.74, 6) is -0.356. The van der Waals surface area contributed by atoms with Crippen molar-refractivity contribution >= 4 is 17.3 Å². The molecule has 110 valence electrons. The lowest BCUT2D eigenvalue weighted by Crippen LogP contribution is -2.40. The number of nitrogens with two attached hydrogens (primary N) is 1. The lowest BCUT2D eigenvalue weighted by atomic mass is 10.0. The Hall–Kier alpha value is -1.75. The van der Waals surface area contributed by atoms with Gasteiger partial charge in [-0.1, -0.05) is 0 Å². The number of rotatable bonds is 4. The molecule has 0 radical (unpaired) electrons. The Morgan fingerprint density at radius 1 is 1.50 bits per heavy atom. The minimum Gasteiger partial charge on any atom is -0.465 e. The highest BCUT2D eigenvalue weighted by molar-refractivity contribution is 5.97. The van der Waals surface area contributed by atoms with Crippen LogP contribution in [0.25, 0.3) is 0 Å². The largest absolute Gasteiger partial charge is 0.465 e. The Kier molecular flexibility index (Phi) is 4.84. The van der Waals surface area contributed by atoms with Gasteiger partial charge in [-0.2, -0.15) is 0 Å². The van der Waals surface area contributed by atoms with Gasteiger partial charge in [-0.15, -0.1) is 0 Å². The number of anilines is 2. The zero-order valence-corrected chi connectivity index (χ0v) is 12.1. The van der Waals surface area contributed by atoms with Crippen LogP contribution < -0.4 is 10.6 Å². The third-order valence-electron chi connectivity index (χ3n) is 3.55. The second kappa shape index (κ2) is 6.61. The van der Waals surface area contributed by atoms with Gasteiger partial charge < -0.3 is 20.1 Å². The molecule has 1 atom stereocenters. The molecule has 1 heterocycles. The molecule has 1 saturated heterocycles. The molecule has 1 fully saturated rings. The van der Waals surface area contributed by atoms with E-state index in [9.17, 15) is 4.79 Å². The fraction of sp³-hybridized carbons (Fsp3) is 0.533. The Labute approximate surface area is 119 Å². The van der Waals surface area contributed by atoms with Crippen LogP contribution in [0.2, 0.25) is 0 Å². The first-order valence-electron chi connectivity index (χ1n) is 7.00. The highest BCUT2D eigenvalue weighted by Crippen LogP contribution is 2.27. The van der Waals surface area contributed by atoms with Crippen LogP contribution in [0.4, 0.5) is 11.4 Å². The fourth-order valence-electron chi connectivity index (χ4n) is 2.63. The molecule has 1 unspecified atom stereocenters. The van der Waals surface area contributed by atoms with Crippen molar-refractivity contribution < 1.29 is 14.3 Å². The van der Waals surface area contributed by atoms with Crippen molar-refractivity contribution in [1.29, 1.82) is 0 Å². The van der Waals surface area contributed by atoms with E-state index >= 15 is 0 Å². The van der Waals surface area contributed by atoms with Crippen molar-refractivity contribution in [3.05, 3.63) is 23.8 Å². The second-order valence-electron chi connectivity index (χ2n) is 4.93. The van der Waals surface area contributed by atoms with Crippen LogP contribution in [0.5, 0.6) is 0 Å². The first-order valence-corrected chi connectivity index (χ1v) is 7.00. The molecule has 0 saturated carbocycles. The van der Waals surface area contributed by atoms with Crippen LogP contribution in [-0.4, -0.2) is 38.9 Å².